The van der Waals surface area contributed by atoms with E-state index in [-0.39, 0.29) is 11.9 Å². The second kappa shape index (κ2) is 4.62. The molecule has 1 fully saturated rings. The van der Waals surface area contributed by atoms with Crippen LogP contribution in [0, 0.1) is 5.82 Å². The van der Waals surface area contributed by atoms with Gasteiger partial charge in [0.05, 0.1) is 6.10 Å². The van der Waals surface area contributed by atoms with Gasteiger partial charge >= 0.3 is 0 Å². The third kappa shape index (κ3) is 2.93. The minimum absolute atomic E-state index is 0.229. The standard InChI is InChI=1S/C12H16FNO/c13-9-1-5-11(6-2-9)15-12-7-3-10(14)4-8-12/h1-2,5-6,10,12H,3-4,7-8,14H2/t10-,12+. The van der Waals surface area contributed by atoms with Gasteiger partial charge in [-0.05, 0) is 49.9 Å². The van der Waals surface area contributed by atoms with Crippen molar-refractivity contribution in [1.29, 1.82) is 0 Å². The van der Waals surface area contributed by atoms with E-state index in [1.54, 1.807) is 12.1 Å². The third-order valence-corrected chi connectivity index (χ3v) is 2.84. The van der Waals surface area contributed by atoms with Crippen LogP contribution in [0.4, 0.5) is 4.39 Å². The molecule has 2 rings (SSSR count). The van der Waals surface area contributed by atoms with E-state index < -0.39 is 0 Å². The van der Waals surface area contributed by atoms with Gasteiger partial charge in [0.2, 0.25) is 0 Å². The van der Waals surface area contributed by atoms with Crippen LogP contribution in [0.25, 0.3) is 0 Å². The Hall–Kier alpha value is -1.09. The zero-order chi connectivity index (χ0) is 10.7. The Morgan fingerprint density at radius 1 is 1.07 bits per heavy atom. The molecule has 1 aromatic carbocycles. The highest BCUT2D eigenvalue weighted by Crippen LogP contribution is 2.22. The largest absolute Gasteiger partial charge is 0.490 e. The summed E-state index contributed by atoms with van der Waals surface area (Å²) in [7, 11) is 0. The maximum absolute atomic E-state index is 12.6. The van der Waals surface area contributed by atoms with Crippen molar-refractivity contribution in [3.05, 3.63) is 30.1 Å². The summed E-state index contributed by atoms with van der Waals surface area (Å²) in [4.78, 5) is 0. The van der Waals surface area contributed by atoms with Gasteiger partial charge in [0, 0.05) is 6.04 Å². The SMILES string of the molecule is N[C@H]1CC[C@@H](Oc2ccc(F)cc2)CC1. The highest BCUT2D eigenvalue weighted by Gasteiger charge is 2.19. The molecule has 0 aliphatic heterocycles. The highest BCUT2D eigenvalue weighted by molar-refractivity contribution is 5.22. The maximum atomic E-state index is 12.6. The molecule has 0 saturated heterocycles. The van der Waals surface area contributed by atoms with E-state index in [2.05, 4.69) is 0 Å². The maximum Gasteiger partial charge on any atom is 0.123 e. The Labute approximate surface area is 89.2 Å². The Kier molecular flexibility index (Phi) is 3.21. The van der Waals surface area contributed by atoms with Crippen molar-refractivity contribution in [2.24, 2.45) is 5.73 Å². The van der Waals surface area contributed by atoms with Crippen molar-refractivity contribution in [2.75, 3.05) is 0 Å². The predicted molar refractivity (Wildman–Crippen MR) is 57.3 cm³/mol. The van der Waals surface area contributed by atoms with Crippen molar-refractivity contribution in [3.63, 3.8) is 0 Å². The summed E-state index contributed by atoms with van der Waals surface area (Å²) in [5.74, 6) is 0.518. The number of benzene rings is 1. The monoisotopic (exact) mass is 209 g/mol. The summed E-state index contributed by atoms with van der Waals surface area (Å²) in [6.45, 7) is 0. The quantitative estimate of drug-likeness (QED) is 0.812. The molecule has 0 spiro atoms. The van der Waals surface area contributed by atoms with Gasteiger partial charge in [-0.2, -0.15) is 0 Å². The molecule has 0 unspecified atom stereocenters. The van der Waals surface area contributed by atoms with Crippen LogP contribution in [0.2, 0.25) is 0 Å². The van der Waals surface area contributed by atoms with E-state index in [9.17, 15) is 4.39 Å². The molecule has 0 aromatic heterocycles. The Morgan fingerprint density at radius 3 is 2.27 bits per heavy atom. The summed E-state index contributed by atoms with van der Waals surface area (Å²) in [5.41, 5.74) is 5.81. The first-order valence-electron chi connectivity index (χ1n) is 5.42. The van der Waals surface area contributed by atoms with E-state index in [0.29, 0.717) is 6.04 Å². The molecule has 0 heterocycles. The van der Waals surface area contributed by atoms with Crippen molar-refractivity contribution >= 4 is 0 Å². The van der Waals surface area contributed by atoms with Gasteiger partial charge in [-0.1, -0.05) is 0 Å². The molecule has 0 atom stereocenters. The van der Waals surface area contributed by atoms with Crippen molar-refractivity contribution in [1.82, 2.24) is 0 Å². The van der Waals surface area contributed by atoms with Crippen LogP contribution in [0.15, 0.2) is 24.3 Å². The molecule has 0 radical (unpaired) electrons. The second-order valence-electron chi connectivity index (χ2n) is 4.11. The lowest BCUT2D eigenvalue weighted by atomic mass is 9.94. The predicted octanol–water partition coefficient (Wildman–Crippen LogP) is 2.47. The molecule has 1 aromatic rings. The van der Waals surface area contributed by atoms with Gasteiger partial charge in [0.25, 0.3) is 0 Å². The van der Waals surface area contributed by atoms with Gasteiger partial charge in [0.15, 0.2) is 0 Å². The molecule has 0 bridgehead atoms. The molecule has 1 aliphatic rings. The van der Waals surface area contributed by atoms with E-state index in [0.717, 1.165) is 31.4 Å². The molecule has 3 heteroatoms. The van der Waals surface area contributed by atoms with Crippen LogP contribution in [0.3, 0.4) is 0 Å². The average molecular weight is 209 g/mol. The number of rotatable bonds is 2. The summed E-state index contributed by atoms with van der Waals surface area (Å²) in [5, 5.41) is 0. The molecule has 2 nitrogen and oxygen atoms in total. The van der Waals surface area contributed by atoms with Gasteiger partial charge in [-0.15, -0.1) is 0 Å². The first-order chi connectivity index (χ1) is 7.24. The lowest BCUT2D eigenvalue weighted by Gasteiger charge is -2.26. The number of hydrogen-bond acceptors (Lipinski definition) is 2. The van der Waals surface area contributed by atoms with Crippen LogP contribution in [0.1, 0.15) is 25.7 Å². The van der Waals surface area contributed by atoms with Crippen LogP contribution in [-0.4, -0.2) is 12.1 Å². The van der Waals surface area contributed by atoms with Crippen molar-refractivity contribution in [3.8, 4) is 5.75 Å². The Bertz CT molecular complexity index is 304. The fraction of sp³-hybridized carbons (Fsp3) is 0.500. The fourth-order valence-electron chi connectivity index (χ4n) is 1.91. The van der Waals surface area contributed by atoms with Crippen LogP contribution < -0.4 is 10.5 Å². The first kappa shape index (κ1) is 10.4. The minimum atomic E-state index is -0.229. The van der Waals surface area contributed by atoms with E-state index >= 15 is 0 Å². The number of ether oxygens (including phenoxy) is 1. The Balaban J connectivity index is 1.89. The molecule has 15 heavy (non-hydrogen) atoms. The van der Waals surface area contributed by atoms with Gasteiger partial charge in [-0.25, -0.2) is 4.39 Å². The van der Waals surface area contributed by atoms with Crippen molar-refractivity contribution in [2.45, 2.75) is 37.8 Å². The van der Waals surface area contributed by atoms with Crippen molar-refractivity contribution < 1.29 is 9.13 Å². The fourth-order valence-corrected chi connectivity index (χ4v) is 1.91. The normalized spacial score (nSPS) is 26.3. The third-order valence-electron chi connectivity index (χ3n) is 2.84. The summed E-state index contributed by atoms with van der Waals surface area (Å²) in [6.07, 6.45) is 4.28. The Morgan fingerprint density at radius 2 is 1.67 bits per heavy atom. The average Bonchev–Trinajstić information content (AvgIpc) is 2.25. The summed E-state index contributed by atoms with van der Waals surface area (Å²) >= 11 is 0. The zero-order valence-electron chi connectivity index (χ0n) is 8.66. The lowest BCUT2D eigenvalue weighted by molar-refractivity contribution is 0.147. The van der Waals surface area contributed by atoms with Crippen LogP contribution >= 0.6 is 0 Å². The van der Waals surface area contributed by atoms with E-state index in [1.165, 1.54) is 12.1 Å². The van der Waals surface area contributed by atoms with Gasteiger partial charge in [0.1, 0.15) is 11.6 Å². The molecule has 0 amide bonds. The number of nitrogens with two attached hydrogens (primary N) is 1. The molecular weight excluding hydrogens is 193 g/mol. The van der Waals surface area contributed by atoms with E-state index in [4.69, 9.17) is 10.5 Å². The molecule has 1 saturated carbocycles. The van der Waals surface area contributed by atoms with Crippen LogP contribution in [0.5, 0.6) is 5.75 Å². The number of halogens is 1. The molecule has 2 N–H and O–H groups in total. The summed E-state index contributed by atoms with van der Waals surface area (Å²) in [6, 6.07) is 6.51. The van der Waals surface area contributed by atoms with Gasteiger partial charge < -0.3 is 10.5 Å². The highest BCUT2D eigenvalue weighted by atomic mass is 19.1. The molecular formula is C12H16FNO. The molecule has 82 valence electrons. The zero-order valence-corrected chi connectivity index (χ0v) is 8.66. The minimum Gasteiger partial charge on any atom is -0.490 e. The van der Waals surface area contributed by atoms with E-state index in [1.807, 2.05) is 0 Å². The number of hydrogen-bond donors (Lipinski definition) is 1. The lowest BCUT2D eigenvalue weighted by Crippen LogP contribution is -2.31. The van der Waals surface area contributed by atoms with Crippen LogP contribution in [-0.2, 0) is 0 Å². The summed E-state index contributed by atoms with van der Waals surface area (Å²) < 4.78 is 18.4. The topological polar surface area (TPSA) is 35.2 Å². The first-order valence-corrected chi connectivity index (χ1v) is 5.42. The van der Waals surface area contributed by atoms with Gasteiger partial charge in [-0.3, -0.25) is 0 Å². The molecule has 1 aliphatic carbocycles. The second-order valence-corrected chi connectivity index (χ2v) is 4.11. The smallest absolute Gasteiger partial charge is 0.123 e.